The van der Waals surface area contributed by atoms with Gasteiger partial charge in [-0.1, -0.05) is 62.7 Å². The Kier molecular flexibility index (Phi) is 6.86. The highest BCUT2D eigenvalue weighted by Gasteiger charge is 2.34. The molecule has 0 saturated carbocycles. The van der Waals surface area contributed by atoms with Gasteiger partial charge in [-0.2, -0.15) is 0 Å². The van der Waals surface area contributed by atoms with E-state index >= 15 is 0 Å². The van der Waals surface area contributed by atoms with Gasteiger partial charge >= 0.3 is 5.97 Å². The lowest BCUT2D eigenvalue weighted by Crippen LogP contribution is -2.26. The third-order valence-corrected chi connectivity index (χ3v) is 8.90. The number of hydrogen-bond acceptors (Lipinski definition) is 5. The molecule has 2 aromatic carbocycles. The number of aryl methyl sites for hydroxylation is 2. The van der Waals surface area contributed by atoms with Gasteiger partial charge in [0.25, 0.3) is 5.91 Å². The van der Waals surface area contributed by atoms with Gasteiger partial charge in [0.15, 0.2) is 0 Å². The standard InChI is InChI=1S/C32H34N2O3S/c1-18-11-13-21(19(2)15-18)26-17-24(22-9-7-8-10-25(22)33-26)29(35)34-30-28(31(36)37-6)23-14-12-20(32(3,4)5)16-27(23)38-30/h7-11,13,15,17,20H,12,14,16H2,1-6H3,(H,34,35). The Morgan fingerprint density at radius 3 is 2.55 bits per heavy atom. The van der Waals surface area contributed by atoms with E-state index in [1.54, 1.807) is 0 Å². The highest BCUT2D eigenvalue weighted by atomic mass is 32.1. The molecular weight excluding hydrogens is 492 g/mol. The van der Waals surface area contributed by atoms with Crippen LogP contribution in [-0.2, 0) is 17.6 Å². The molecule has 5 nitrogen and oxygen atoms in total. The zero-order valence-electron chi connectivity index (χ0n) is 22.9. The summed E-state index contributed by atoms with van der Waals surface area (Å²) in [7, 11) is 1.39. The van der Waals surface area contributed by atoms with Crippen LogP contribution in [0.3, 0.4) is 0 Å². The molecule has 2 heterocycles. The maximum atomic E-state index is 13.9. The SMILES string of the molecule is COC(=O)c1c(NC(=O)c2cc(-c3ccc(C)cc3C)nc3ccccc23)sc2c1CCC(C(C)(C)C)C2. The van der Waals surface area contributed by atoms with Crippen LogP contribution in [0.2, 0.25) is 0 Å². The number of ether oxygens (including phenoxy) is 1. The second-order valence-corrected chi connectivity index (χ2v) is 12.5. The Bertz CT molecular complexity index is 1560. The van der Waals surface area contributed by atoms with Crippen molar-refractivity contribution < 1.29 is 14.3 Å². The average molecular weight is 527 g/mol. The Labute approximate surface area is 228 Å². The molecule has 5 rings (SSSR count). The summed E-state index contributed by atoms with van der Waals surface area (Å²) in [5.74, 6) is -0.138. The summed E-state index contributed by atoms with van der Waals surface area (Å²) in [6.45, 7) is 10.9. The summed E-state index contributed by atoms with van der Waals surface area (Å²) in [5, 5.41) is 4.43. The number of nitrogens with zero attached hydrogens (tertiary/aromatic N) is 1. The van der Waals surface area contributed by atoms with Crippen LogP contribution >= 0.6 is 11.3 Å². The summed E-state index contributed by atoms with van der Waals surface area (Å²) < 4.78 is 5.16. The Morgan fingerprint density at radius 2 is 1.84 bits per heavy atom. The fourth-order valence-corrected chi connectivity index (χ4v) is 6.81. The number of fused-ring (bicyclic) bond motifs is 2. The predicted molar refractivity (Wildman–Crippen MR) is 155 cm³/mol. The Balaban J connectivity index is 1.57. The molecular formula is C32H34N2O3S. The molecule has 0 aliphatic heterocycles. The van der Waals surface area contributed by atoms with E-state index in [2.05, 4.69) is 58.1 Å². The van der Waals surface area contributed by atoms with E-state index < -0.39 is 5.97 Å². The van der Waals surface area contributed by atoms with Gasteiger partial charge in [-0.3, -0.25) is 4.79 Å². The first kappa shape index (κ1) is 26.1. The monoisotopic (exact) mass is 526 g/mol. The molecule has 0 fully saturated rings. The molecule has 6 heteroatoms. The Hall–Kier alpha value is -3.51. The molecule has 1 aliphatic rings. The highest BCUT2D eigenvalue weighted by molar-refractivity contribution is 7.17. The molecule has 1 unspecified atom stereocenters. The van der Waals surface area contributed by atoms with Crippen LogP contribution in [0.4, 0.5) is 5.00 Å². The maximum absolute atomic E-state index is 13.9. The number of methoxy groups -OCH3 is 1. The van der Waals surface area contributed by atoms with Crippen LogP contribution in [0.1, 0.15) is 69.5 Å². The molecule has 0 spiro atoms. The van der Waals surface area contributed by atoms with Gasteiger partial charge in [0.05, 0.1) is 29.4 Å². The van der Waals surface area contributed by atoms with Crippen molar-refractivity contribution in [1.82, 2.24) is 4.98 Å². The highest BCUT2D eigenvalue weighted by Crippen LogP contribution is 2.44. The number of aromatic nitrogens is 1. The normalized spacial score (nSPS) is 15.3. The molecule has 0 saturated heterocycles. The summed E-state index contributed by atoms with van der Waals surface area (Å²) in [4.78, 5) is 32.8. The number of hydrogen-bond donors (Lipinski definition) is 1. The van der Waals surface area contributed by atoms with Gasteiger partial charge in [0.2, 0.25) is 0 Å². The van der Waals surface area contributed by atoms with Gasteiger partial charge in [-0.15, -0.1) is 11.3 Å². The lowest BCUT2D eigenvalue weighted by molar-refractivity contribution is 0.0600. The van der Waals surface area contributed by atoms with Crippen LogP contribution in [0.25, 0.3) is 22.2 Å². The number of thiophene rings is 1. The molecule has 1 atom stereocenters. The van der Waals surface area contributed by atoms with Gasteiger partial charge in [-0.05, 0) is 67.7 Å². The number of carbonyl (C=O) groups is 2. The average Bonchev–Trinajstić information content (AvgIpc) is 3.24. The van der Waals surface area contributed by atoms with Gasteiger partial charge in [0, 0.05) is 15.8 Å². The summed E-state index contributed by atoms with van der Waals surface area (Å²) in [5.41, 5.74) is 7.00. The van der Waals surface area contributed by atoms with Crippen molar-refractivity contribution in [2.24, 2.45) is 11.3 Å². The minimum absolute atomic E-state index is 0.178. The summed E-state index contributed by atoms with van der Waals surface area (Å²) >= 11 is 1.51. The molecule has 1 N–H and O–H groups in total. The topological polar surface area (TPSA) is 68.3 Å². The number of rotatable bonds is 4. The van der Waals surface area contributed by atoms with Crippen LogP contribution in [0.5, 0.6) is 0 Å². The second-order valence-electron chi connectivity index (χ2n) is 11.3. The van der Waals surface area contributed by atoms with Gasteiger partial charge < -0.3 is 10.1 Å². The molecule has 1 amide bonds. The van der Waals surface area contributed by atoms with Crippen LogP contribution in [-0.4, -0.2) is 24.0 Å². The smallest absolute Gasteiger partial charge is 0.341 e. The van der Waals surface area contributed by atoms with Crippen molar-refractivity contribution in [3.63, 3.8) is 0 Å². The van der Waals surface area contributed by atoms with E-state index in [4.69, 9.17) is 9.72 Å². The molecule has 0 bridgehead atoms. The zero-order valence-corrected chi connectivity index (χ0v) is 23.7. The van der Waals surface area contributed by atoms with E-state index in [-0.39, 0.29) is 11.3 Å². The number of esters is 1. The second kappa shape index (κ2) is 9.99. The molecule has 38 heavy (non-hydrogen) atoms. The quantitative estimate of drug-likeness (QED) is 0.276. The summed E-state index contributed by atoms with van der Waals surface area (Å²) in [6, 6.07) is 15.8. The van der Waals surface area contributed by atoms with E-state index in [0.29, 0.717) is 22.0 Å². The first-order valence-electron chi connectivity index (χ1n) is 13.1. The number of pyridine rings is 1. The molecule has 196 valence electrons. The van der Waals surface area contributed by atoms with Crippen molar-refractivity contribution >= 4 is 39.1 Å². The summed E-state index contributed by atoms with van der Waals surface area (Å²) in [6.07, 6.45) is 2.72. The Morgan fingerprint density at radius 1 is 1.08 bits per heavy atom. The number of carbonyl (C=O) groups excluding carboxylic acids is 2. The molecule has 0 radical (unpaired) electrons. The molecule has 4 aromatic rings. The first-order chi connectivity index (χ1) is 18.1. The number of anilines is 1. The van der Waals surface area contributed by atoms with Crippen LogP contribution in [0.15, 0.2) is 48.5 Å². The lowest BCUT2D eigenvalue weighted by atomic mass is 9.72. The molecule has 1 aliphatic carbocycles. The maximum Gasteiger partial charge on any atom is 0.341 e. The minimum atomic E-state index is -0.400. The first-order valence-corrected chi connectivity index (χ1v) is 13.9. The zero-order chi connectivity index (χ0) is 27.2. The fraction of sp³-hybridized carbons (Fsp3) is 0.344. The third kappa shape index (κ3) is 4.85. The van der Waals surface area contributed by atoms with Crippen LogP contribution < -0.4 is 5.32 Å². The van der Waals surface area contributed by atoms with Gasteiger partial charge in [0.1, 0.15) is 5.00 Å². The van der Waals surface area contributed by atoms with Crippen molar-refractivity contribution in [2.75, 3.05) is 12.4 Å². The van der Waals surface area contributed by atoms with Crippen molar-refractivity contribution in [3.8, 4) is 11.3 Å². The van der Waals surface area contributed by atoms with E-state index in [1.165, 1.54) is 28.9 Å². The number of amides is 1. The van der Waals surface area contributed by atoms with E-state index in [9.17, 15) is 9.59 Å². The van der Waals surface area contributed by atoms with Gasteiger partial charge in [-0.25, -0.2) is 9.78 Å². The van der Waals surface area contributed by atoms with E-state index in [1.807, 2.05) is 30.3 Å². The lowest BCUT2D eigenvalue weighted by Gasteiger charge is -2.33. The van der Waals surface area contributed by atoms with Crippen molar-refractivity contribution in [1.29, 1.82) is 0 Å². The third-order valence-electron chi connectivity index (χ3n) is 7.73. The fourth-order valence-electron chi connectivity index (χ4n) is 5.50. The largest absolute Gasteiger partial charge is 0.465 e. The minimum Gasteiger partial charge on any atom is -0.465 e. The van der Waals surface area contributed by atoms with Crippen molar-refractivity contribution in [2.45, 2.75) is 53.9 Å². The van der Waals surface area contributed by atoms with Crippen LogP contribution in [0, 0.1) is 25.2 Å². The molecule has 2 aromatic heterocycles. The van der Waals surface area contributed by atoms with E-state index in [0.717, 1.165) is 52.5 Å². The number of nitrogens with one attached hydrogen (secondary N) is 1. The number of para-hydroxylation sites is 1. The van der Waals surface area contributed by atoms with Crippen molar-refractivity contribution in [3.05, 3.63) is 81.2 Å². The predicted octanol–water partition coefficient (Wildman–Crippen LogP) is 7.77. The number of benzene rings is 2.